The number of rotatable bonds is 5. The van der Waals surface area contributed by atoms with Crippen LogP contribution in [0.2, 0.25) is 5.02 Å². The minimum absolute atomic E-state index is 0.0562. The largest absolute Gasteiger partial charge is 0.301 e. The maximum atomic E-state index is 13.4. The highest BCUT2D eigenvalue weighted by molar-refractivity contribution is 7.12. The van der Waals surface area contributed by atoms with Crippen molar-refractivity contribution < 1.29 is 4.92 Å². The van der Waals surface area contributed by atoms with Crippen molar-refractivity contribution in [3.8, 4) is 16.4 Å². The van der Waals surface area contributed by atoms with Crippen molar-refractivity contribution >= 4 is 40.0 Å². The Hall–Kier alpha value is -3.63. The molecule has 0 amide bonds. The molecule has 2 aromatic carbocycles. The highest BCUT2D eigenvalue weighted by Gasteiger charge is 2.22. The van der Waals surface area contributed by atoms with Crippen LogP contribution in [0.1, 0.15) is 32.0 Å². The second-order valence-corrected chi connectivity index (χ2v) is 9.95. The van der Waals surface area contributed by atoms with Gasteiger partial charge in [0.15, 0.2) is 5.69 Å². The number of nitrogens with one attached hydrogen (secondary N) is 1. The molecule has 0 aliphatic rings. The second kappa shape index (κ2) is 8.96. The van der Waals surface area contributed by atoms with Crippen molar-refractivity contribution in [2.45, 2.75) is 33.1 Å². The summed E-state index contributed by atoms with van der Waals surface area (Å²) < 4.78 is 1.32. The number of azo groups is 1. The van der Waals surface area contributed by atoms with Crippen LogP contribution in [0.15, 0.2) is 62.9 Å². The molecular weight excluding hydrogens is 476 g/mol. The first-order valence-corrected chi connectivity index (χ1v) is 11.5. The minimum atomic E-state index is -0.482. The zero-order chi connectivity index (χ0) is 24.6. The summed E-state index contributed by atoms with van der Waals surface area (Å²) in [6.45, 7) is 7.98. The number of aromatic nitrogens is 3. The van der Waals surface area contributed by atoms with Gasteiger partial charge in [-0.05, 0) is 36.8 Å². The number of halogens is 1. The van der Waals surface area contributed by atoms with Gasteiger partial charge in [-0.1, -0.05) is 38.4 Å². The van der Waals surface area contributed by atoms with Gasteiger partial charge >= 0.3 is 5.56 Å². The topological polar surface area (TPSA) is 119 Å². The lowest BCUT2D eigenvalue weighted by atomic mass is 9.93. The number of H-pyrrole nitrogens is 1. The number of aromatic amines is 1. The molecule has 0 unspecified atom stereocenters. The molecule has 2 heterocycles. The zero-order valence-corrected chi connectivity index (χ0v) is 20.4. The van der Waals surface area contributed by atoms with Crippen LogP contribution in [-0.2, 0) is 5.41 Å². The van der Waals surface area contributed by atoms with Crippen molar-refractivity contribution in [2.24, 2.45) is 10.2 Å². The molecule has 0 aliphatic carbocycles. The van der Waals surface area contributed by atoms with Crippen molar-refractivity contribution in [3.63, 3.8) is 0 Å². The van der Waals surface area contributed by atoms with Gasteiger partial charge < -0.3 is 0 Å². The highest BCUT2D eigenvalue weighted by Crippen LogP contribution is 2.32. The summed E-state index contributed by atoms with van der Waals surface area (Å²) in [5.74, 6) is 0. The number of thiazole rings is 1. The third-order valence-electron chi connectivity index (χ3n) is 5.11. The fourth-order valence-corrected chi connectivity index (χ4v) is 4.29. The van der Waals surface area contributed by atoms with E-state index in [2.05, 4.69) is 20.3 Å². The van der Waals surface area contributed by atoms with Gasteiger partial charge in [0, 0.05) is 33.5 Å². The minimum Gasteiger partial charge on any atom is -0.286 e. The molecule has 9 nitrogen and oxygen atoms in total. The highest BCUT2D eigenvalue weighted by atomic mass is 35.5. The smallest absolute Gasteiger partial charge is 0.286 e. The molecule has 4 rings (SSSR count). The molecule has 0 fully saturated rings. The van der Waals surface area contributed by atoms with Crippen molar-refractivity contribution in [1.29, 1.82) is 0 Å². The lowest BCUT2D eigenvalue weighted by Crippen LogP contribution is -2.16. The predicted octanol–water partition coefficient (Wildman–Crippen LogP) is 6.87. The van der Waals surface area contributed by atoms with E-state index in [0.717, 1.165) is 11.3 Å². The monoisotopic (exact) mass is 496 g/mol. The quantitative estimate of drug-likeness (QED) is 0.184. The van der Waals surface area contributed by atoms with Gasteiger partial charge in [-0.15, -0.1) is 21.6 Å². The van der Waals surface area contributed by atoms with Gasteiger partial charge in [0.05, 0.1) is 22.0 Å². The van der Waals surface area contributed by atoms with E-state index in [1.165, 1.54) is 28.2 Å². The van der Waals surface area contributed by atoms with Crippen LogP contribution in [0.4, 0.5) is 17.1 Å². The number of benzene rings is 2. The van der Waals surface area contributed by atoms with E-state index in [0.29, 0.717) is 27.1 Å². The first kappa shape index (κ1) is 23.5. The fraction of sp³-hybridized carbons (Fsp3) is 0.217. The SMILES string of the molecule is Cc1ccc(Cl)cc1N=Nc1c(-c2ccc([N+](=O)[O-])cc2)[nH]n(-c2nc(C(C)(C)C)cs2)c1=O. The number of nitro groups is 1. The molecule has 0 saturated heterocycles. The summed E-state index contributed by atoms with van der Waals surface area (Å²) in [5, 5.41) is 25.5. The first-order valence-electron chi connectivity index (χ1n) is 10.3. The molecule has 0 atom stereocenters. The first-order chi connectivity index (χ1) is 16.0. The van der Waals surface area contributed by atoms with Gasteiger partial charge in [0.2, 0.25) is 5.13 Å². The van der Waals surface area contributed by atoms with Crippen LogP contribution in [0.3, 0.4) is 0 Å². The average Bonchev–Trinajstić information content (AvgIpc) is 3.39. The maximum Gasteiger partial charge on any atom is 0.301 e. The second-order valence-electron chi connectivity index (χ2n) is 8.68. The van der Waals surface area contributed by atoms with E-state index < -0.39 is 10.5 Å². The summed E-state index contributed by atoms with van der Waals surface area (Å²) in [4.78, 5) is 28.6. The Bertz CT molecular complexity index is 1460. The molecule has 0 bridgehead atoms. The van der Waals surface area contributed by atoms with E-state index >= 15 is 0 Å². The zero-order valence-electron chi connectivity index (χ0n) is 18.9. The van der Waals surface area contributed by atoms with Crippen LogP contribution >= 0.6 is 22.9 Å². The van der Waals surface area contributed by atoms with E-state index in [-0.39, 0.29) is 16.8 Å². The average molecular weight is 497 g/mol. The van der Waals surface area contributed by atoms with Gasteiger partial charge in [0.1, 0.15) is 0 Å². The van der Waals surface area contributed by atoms with Crippen LogP contribution in [0, 0.1) is 17.0 Å². The Morgan fingerprint density at radius 1 is 1.15 bits per heavy atom. The molecule has 0 radical (unpaired) electrons. The van der Waals surface area contributed by atoms with E-state index in [1.54, 1.807) is 24.3 Å². The van der Waals surface area contributed by atoms with Crippen molar-refractivity contribution in [3.05, 3.63) is 84.6 Å². The van der Waals surface area contributed by atoms with Gasteiger partial charge in [-0.3, -0.25) is 20.0 Å². The maximum absolute atomic E-state index is 13.4. The standard InChI is InChI=1S/C23H21ClN6O3S/c1-13-5-8-15(24)11-17(13)26-27-20-19(14-6-9-16(10-7-14)30(32)33)28-29(21(20)31)22-25-18(12-34-22)23(2,3)4/h5-12,28H,1-4H3. The van der Waals surface area contributed by atoms with Gasteiger partial charge in [-0.25, -0.2) is 4.98 Å². The molecule has 11 heteroatoms. The Labute approximate surface area is 203 Å². The number of hydrogen-bond donors (Lipinski definition) is 1. The predicted molar refractivity (Wildman–Crippen MR) is 133 cm³/mol. The van der Waals surface area contributed by atoms with E-state index in [1.807, 2.05) is 39.1 Å². The number of non-ortho nitro benzene ring substituents is 1. The molecule has 4 aromatic rings. The van der Waals surface area contributed by atoms with E-state index in [4.69, 9.17) is 11.6 Å². The summed E-state index contributed by atoms with van der Waals surface area (Å²) in [5.41, 5.74) is 2.52. The lowest BCUT2D eigenvalue weighted by Gasteiger charge is -2.14. The third kappa shape index (κ3) is 4.68. The summed E-state index contributed by atoms with van der Waals surface area (Å²) in [6.07, 6.45) is 0. The van der Waals surface area contributed by atoms with Gasteiger partial charge in [0.25, 0.3) is 5.69 Å². The fourth-order valence-electron chi connectivity index (χ4n) is 3.11. The van der Waals surface area contributed by atoms with Gasteiger partial charge in [-0.2, -0.15) is 4.68 Å². The molecule has 0 aliphatic heterocycles. The Morgan fingerprint density at radius 3 is 2.47 bits per heavy atom. The normalized spacial score (nSPS) is 11.9. The van der Waals surface area contributed by atoms with Crippen LogP contribution in [0.5, 0.6) is 0 Å². The molecule has 174 valence electrons. The Balaban J connectivity index is 1.86. The van der Waals surface area contributed by atoms with E-state index in [9.17, 15) is 14.9 Å². The summed E-state index contributed by atoms with van der Waals surface area (Å²) >= 11 is 7.41. The van der Waals surface area contributed by atoms with Crippen LogP contribution in [0.25, 0.3) is 16.4 Å². The van der Waals surface area contributed by atoms with Crippen molar-refractivity contribution in [2.75, 3.05) is 0 Å². The third-order valence-corrected chi connectivity index (χ3v) is 6.17. The Morgan fingerprint density at radius 2 is 1.85 bits per heavy atom. The number of nitrogens with zero attached hydrogens (tertiary/aromatic N) is 5. The molecular formula is C23H21ClN6O3S. The van der Waals surface area contributed by atoms with Crippen molar-refractivity contribution in [1.82, 2.24) is 14.8 Å². The van der Waals surface area contributed by atoms with Crippen LogP contribution < -0.4 is 5.56 Å². The summed E-state index contributed by atoms with van der Waals surface area (Å²) in [7, 11) is 0. The van der Waals surface area contributed by atoms with Crippen LogP contribution in [-0.4, -0.2) is 19.7 Å². The number of aryl methyl sites for hydroxylation is 1. The molecule has 0 saturated carbocycles. The number of nitro benzene ring substituents is 1. The summed E-state index contributed by atoms with van der Waals surface area (Å²) in [6, 6.07) is 11.1. The molecule has 1 N–H and O–H groups in total. The number of hydrogen-bond acceptors (Lipinski definition) is 7. The molecule has 34 heavy (non-hydrogen) atoms. The lowest BCUT2D eigenvalue weighted by molar-refractivity contribution is -0.384. The molecule has 2 aromatic heterocycles. The Kier molecular flexibility index (Phi) is 6.20. The molecule has 0 spiro atoms.